The number of aliphatic hydroxyl groups is 1. The molecule has 0 heterocycles. The molecule has 0 radical (unpaired) electrons. The van der Waals surface area contributed by atoms with Gasteiger partial charge in [-0.1, -0.05) is 50.7 Å². The van der Waals surface area contributed by atoms with Gasteiger partial charge in [-0.2, -0.15) is 0 Å². The van der Waals surface area contributed by atoms with Crippen LogP contribution in [-0.2, 0) is 0 Å². The van der Waals surface area contributed by atoms with E-state index in [9.17, 15) is 5.11 Å². The van der Waals surface area contributed by atoms with Gasteiger partial charge in [-0.25, -0.2) is 0 Å². The maximum absolute atomic E-state index is 10.1. The number of rotatable bonds is 5. The molecular weight excluding hydrogens is 188 g/mol. The summed E-state index contributed by atoms with van der Waals surface area (Å²) in [5.41, 5.74) is -0.627. The summed E-state index contributed by atoms with van der Waals surface area (Å²) in [6.45, 7) is 12.9. The van der Waals surface area contributed by atoms with E-state index in [-0.39, 0.29) is 0 Å². The first-order valence-electron chi connectivity index (χ1n) is 5.63. The highest BCUT2D eigenvalue weighted by molar-refractivity contribution is 6.83. The molecule has 0 aliphatic rings. The first-order chi connectivity index (χ1) is 6.19. The molecule has 0 aromatic heterocycles. The Hall–Kier alpha value is -0.0831. The predicted octanol–water partition coefficient (Wildman–Crippen LogP) is 3.75. The molecule has 84 valence electrons. The van der Waals surface area contributed by atoms with E-state index in [1.54, 1.807) is 0 Å². The van der Waals surface area contributed by atoms with Crippen molar-refractivity contribution in [2.75, 3.05) is 0 Å². The van der Waals surface area contributed by atoms with Gasteiger partial charge in [0, 0.05) is 0 Å². The van der Waals surface area contributed by atoms with Crippen LogP contribution in [0, 0.1) is 0 Å². The van der Waals surface area contributed by atoms with Crippen molar-refractivity contribution in [2.45, 2.75) is 65.3 Å². The molecule has 0 rings (SSSR count). The van der Waals surface area contributed by atoms with Crippen molar-refractivity contribution in [2.24, 2.45) is 0 Å². The van der Waals surface area contributed by atoms with Gasteiger partial charge in [0.05, 0.1) is 13.7 Å². The minimum Gasteiger partial charge on any atom is -0.386 e. The highest BCUT2D eigenvalue weighted by Crippen LogP contribution is 2.26. The van der Waals surface area contributed by atoms with E-state index >= 15 is 0 Å². The van der Waals surface area contributed by atoms with Gasteiger partial charge in [-0.05, 0) is 20.3 Å². The fourth-order valence-corrected chi connectivity index (χ4v) is 4.52. The van der Waals surface area contributed by atoms with Crippen LogP contribution in [0.3, 0.4) is 0 Å². The van der Waals surface area contributed by atoms with Gasteiger partial charge in [-0.15, -0.1) is 0 Å². The second-order valence-corrected chi connectivity index (χ2v) is 10.6. The fraction of sp³-hybridized carbons (Fsp3) is 0.833. The molecule has 0 fully saturated rings. The molecule has 0 aromatic carbocycles. The van der Waals surface area contributed by atoms with Crippen molar-refractivity contribution >= 4 is 8.07 Å². The van der Waals surface area contributed by atoms with Gasteiger partial charge in [-0.3, -0.25) is 0 Å². The smallest absolute Gasteiger partial charge is 0.0766 e. The van der Waals surface area contributed by atoms with E-state index in [0.29, 0.717) is 0 Å². The Morgan fingerprint density at radius 3 is 2.07 bits per heavy atom. The van der Waals surface area contributed by atoms with Crippen LogP contribution >= 0.6 is 0 Å². The Labute approximate surface area is 90.2 Å². The maximum atomic E-state index is 10.1. The van der Waals surface area contributed by atoms with E-state index in [1.807, 2.05) is 13.8 Å². The topological polar surface area (TPSA) is 20.2 Å². The van der Waals surface area contributed by atoms with Crippen LogP contribution < -0.4 is 0 Å². The summed E-state index contributed by atoms with van der Waals surface area (Å²) < 4.78 is 0. The van der Waals surface area contributed by atoms with Gasteiger partial charge < -0.3 is 5.11 Å². The lowest BCUT2D eigenvalue weighted by Crippen LogP contribution is -2.38. The Kier molecular flexibility index (Phi) is 5.10. The third kappa shape index (κ3) is 4.96. The monoisotopic (exact) mass is 214 g/mol. The van der Waals surface area contributed by atoms with Crippen molar-refractivity contribution in [3.63, 3.8) is 0 Å². The number of hydrogen-bond acceptors (Lipinski definition) is 1. The summed E-state index contributed by atoms with van der Waals surface area (Å²) in [6, 6.07) is 0. The zero-order chi connectivity index (χ0) is 11.4. The molecule has 0 aliphatic heterocycles. The number of hydrogen-bond donors (Lipinski definition) is 1. The molecule has 0 spiro atoms. The van der Waals surface area contributed by atoms with Crippen LogP contribution in [0.5, 0.6) is 0 Å². The molecule has 0 aliphatic carbocycles. The second kappa shape index (κ2) is 5.13. The maximum Gasteiger partial charge on any atom is 0.0766 e. The van der Waals surface area contributed by atoms with Crippen LogP contribution in [0.1, 0.15) is 40.0 Å². The van der Waals surface area contributed by atoms with E-state index in [2.05, 4.69) is 32.6 Å². The Morgan fingerprint density at radius 1 is 1.29 bits per heavy atom. The van der Waals surface area contributed by atoms with E-state index < -0.39 is 13.7 Å². The van der Waals surface area contributed by atoms with Crippen molar-refractivity contribution < 1.29 is 5.11 Å². The molecule has 0 aromatic rings. The lowest BCUT2D eigenvalue weighted by atomic mass is 10.1. The van der Waals surface area contributed by atoms with Crippen molar-refractivity contribution in [3.8, 4) is 0 Å². The largest absolute Gasteiger partial charge is 0.386 e. The summed E-state index contributed by atoms with van der Waals surface area (Å²) in [5, 5.41) is 11.4. The first-order valence-corrected chi connectivity index (χ1v) is 9.13. The van der Waals surface area contributed by atoms with E-state index in [0.717, 1.165) is 6.42 Å². The third-order valence-electron chi connectivity index (χ3n) is 2.37. The van der Waals surface area contributed by atoms with Crippen molar-refractivity contribution in [3.05, 3.63) is 11.3 Å². The van der Waals surface area contributed by atoms with Crippen LogP contribution in [0.2, 0.25) is 19.6 Å². The summed E-state index contributed by atoms with van der Waals surface area (Å²) >= 11 is 0. The average molecular weight is 214 g/mol. The SMILES string of the molecule is CCCC/C=C(/C(C)(C)O)[Si](C)(C)C. The summed E-state index contributed by atoms with van der Waals surface area (Å²) in [6.07, 6.45) is 5.83. The molecule has 2 heteroatoms. The average Bonchev–Trinajstić information content (AvgIpc) is 1.92. The molecular formula is C12H26OSi. The molecule has 1 N–H and O–H groups in total. The fourth-order valence-electron chi connectivity index (χ4n) is 1.92. The van der Waals surface area contributed by atoms with Gasteiger partial charge in [0.2, 0.25) is 0 Å². The number of allylic oxidation sites excluding steroid dienone is 1. The third-order valence-corrected chi connectivity index (χ3v) is 4.81. The Balaban J connectivity index is 4.66. The highest BCUT2D eigenvalue weighted by Gasteiger charge is 2.30. The van der Waals surface area contributed by atoms with Gasteiger partial charge in [0.15, 0.2) is 0 Å². The quantitative estimate of drug-likeness (QED) is 0.546. The normalized spacial score (nSPS) is 14.6. The minimum absolute atomic E-state index is 0.627. The van der Waals surface area contributed by atoms with E-state index in [4.69, 9.17) is 0 Å². The van der Waals surface area contributed by atoms with Gasteiger partial charge >= 0.3 is 0 Å². The van der Waals surface area contributed by atoms with Gasteiger partial charge in [0.25, 0.3) is 0 Å². The zero-order valence-corrected chi connectivity index (χ0v) is 11.6. The standard InChI is InChI=1S/C12H26OSi/c1-7-8-9-10-11(12(2,3)13)14(4,5)6/h10,13H,7-9H2,1-6H3/b11-10-. The predicted molar refractivity (Wildman–Crippen MR) is 67.3 cm³/mol. The van der Waals surface area contributed by atoms with Gasteiger partial charge in [0.1, 0.15) is 0 Å². The van der Waals surface area contributed by atoms with Crippen molar-refractivity contribution in [1.29, 1.82) is 0 Å². The summed E-state index contributed by atoms with van der Waals surface area (Å²) in [5.74, 6) is 0. The molecule has 0 bridgehead atoms. The van der Waals surface area contributed by atoms with Crippen LogP contribution in [0.4, 0.5) is 0 Å². The second-order valence-electron chi connectivity index (χ2n) is 5.57. The molecule has 14 heavy (non-hydrogen) atoms. The van der Waals surface area contributed by atoms with Crippen LogP contribution in [0.25, 0.3) is 0 Å². The number of unbranched alkanes of at least 4 members (excludes halogenated alkanes) is 2. The molecule has 0 saturated carbocycles. The summed E-state index contributed by atoms with van der Waals surface area (Å²) in [4.78, 5) is 0. The van der Waals surface area contributed by atoms with E-state index in [1.165, 1.54) is 18.0 Å². The first kappa shape index (κ1) is 13.9. The molecule has 0 saturated heterocycles. The highest BCUT2D eigenvalue weighted by atomic mass is 28.3. The van der Waals surface area contributed by atoms with Crippen LogP contribution in [-0.4, -0.2) is 18.8 Å². The lowest BCUT2D eigenvalue weighted by molar-refractivity contribution is 0.126. The molecule has 0 amide bonds. The molecule has 0 atom stereocenters. The Morgan fingerprint density at radius 2 is 1.79 bits per heavy atom. The van der Waals surface area contributed by atoms with Crippen LogP contribution in [0.15, 0.2) is 11.3 Å². The van der Waals surface area contributed by atoms with Crippen molar-refractivity contribution in [1.82, 2.24) is 0 Å². The molecule has 1 nitrogen and oxygen atoms in total. The lowest BCUT2D eigenvalue weighted by Gasteiger charge is -2.31. The minimum atomic E-state index is -1.36. The Bertz CT molecular complexity index is 177. The summed E-state index contributed by atoms with van der Waals surface area (Å²) in [7, 11) is -1.36. The zero-order valence-electron chi connectivity index (χ0n) is 10.6. The molecule has 0 unspecified atom stereocenters.